The number of anilines is 1. The highest BCUT2D eigenvalue weighted by atomic mass is 35.5. The Bertz CT molecular complexity index is 1330. The Balaban J connectivity index is 0.000000967. The second-order valence-electron chi connectivity index (χ2n) is 9.01. The molecule has 0 atom stereocenters. The topological polar surface area (TPSA) is 89.7 Å². The number of pyridine rings is 1. The summed E-state index contributed by atoms with van der Waals surface area (Å²) in [6, 6.07) is 7.51. The van der Waals surface area contributed by atoms with Gasteiger partial charge in [0, 0.05) is 36.6 Å². The first-order valence-electron chi connectivity index (χ1n) is 12.5. The average molecular weight is 506 g/mol. The highest BCUT2D eigenvalue weighted by Gasteiger charge is 2.24. The maximum absolute atomic E-state index is 11.6. The molecule has 1 aliphatic rings. The van der Waals surface area contributed by atoms with Gasteiger partial charge in [0.05, 0.1) is 23.0 Å². The maximum Gasteiger partial charge on any atom is 0.225 e. The van der Waals surface area contributed by atoms with E-state index in [0.717, 1.165) is 66.2 Å². The molecule has 4 heterocycles. The van der Waals surface area contributed by atoms with Gasteiger partial charge in [0.2, 0.25) is 5.95 Å². The van der Waals surface area contributed by atoms with Crippen LogP contribution in [0.15, 0.2) is 42.9 Å². The highest BCUT2D eigenvalue weighted by molar-refractivity contribution is 6.34. The summed E-state index contributed by atoms with van der Waals surface area (Å²) in [5.41, 5.74) is 4.93. The molecule has 1 saturated heterocycles. The Morgan fingerprint density at radius 3 is 2.33 bits per heavy atom. The minimum Gasteiger partial charge on any atom is -0.341 e. The van der Waals surface area contributed by atoms with Gasteiger partial charge < -0.3 is 4.90 Å². The van der Waals surface area contributed by atoms with Crippen LogP contribution < -0.4 is 4.90 Å². The number of benzene rings is 1. The number of aromatic nitrogens is 6. The SMILES string of the molecule is CCC.CCc1cnc(N2CCC(n3nnc4cc(-c5ccc(C(C)=O)c(Cl)c5)ncc43)CC2)nc1. The van der Waals surface area contributed by atoms with E-state index >= 15 is 0 Å². The maximum atomic E-state index is 11.6. The van der Waals surface area contributed by atoms with Crippen LogP contribution in [0.5, 0.6) is 0 Å². The summed E-state index contributed by atoms with van der Waals surface area (Å²) in [5, 5.41) is 9.25. The third-order valence-corrected chi connectivity index (χ3v) is 6.51. The van der Waals surface area contributed by atoms with Crippen LogP contribution in [-0.4, -0.2) is 48.8 Å². The lowest BCUT2D eigenvalue weighted by molar-refractivity contribution is 0.101. The lowest BCUT2D eigenvalue weighted by Crippen LogP contribution is -2.36. The van der Waals surface area contributed by atoms with Crippen LogP contribution in [0.3, 0.4) is 0 Å². The molecule has 36 heavy (non-hydrogen) atoms. The summed E-state index contributed by atoms with van der Waals surface area (Å²) in [6.07, 6.45) is 9.68. The van der Waals surface area contributed by atoms with Gasteiger partial charge in [0.25, 0.3) is 0 Å². The Morgan fingerprint density at radius 2 is 1.72 bits per heavy atom. The molecule has 0 saturated carbocycles. The largest absolute Gasteiger partial charge is 0.341 e. The van der Waals surface area contributed by atoms with Crippen molar-refractivity contribution >= 4 is 34.4 Å². The van der Waals surface area contributed by atoms with E-state index in [1.807, 2.05) is 35.4 Å². The van der Waals surface area contributed by atoms with Crippen molar-refractivity contribution in [2.75, 3.05) is 18.0 Å². The van der Waals surface area contributed by atoms with Gasteiger partial charge in [-0.3, -0.25) is 9.78 Å². The number of hydrogen-bond donors (Lipinski definition) is 0. The van der Waals surface area contributed by atoms with Crippen molar-refractivity contribution in [2.24, 2.45) is 0 Å². The Kier molecular flexibility index (Phi) is 8.25. The summed E-state index contributed by atoms with van der Waals surface area (Å²) in [6.45, 7) is 9.58. The predicted molar refractivity (Wildman–Crippen MR) is 144 cm³/mol. The molecule has 1 aromatic carbocycles. The van der Waals surface area contributed by atoms with Crippen LogP contribution in [-0.2, 0) is 6.42 Å². The van der Waals surface area contributed by atoms with Gasteiger partial charge in [-0.15, -0.1) is 5.10 Å². The molecule has 5 rings (SSSR count). The number of piperidine rings is 1. The van der Waals surface area contributed by atoms with Crippen molar-refractivity contribution < 1.29 is 4.79 Å². The van der Waals surface area contributed by atoms with Gasteiger partial charge >= 0.3 is 0 Å². The predicted octanol–water partition coefficient (Wildman–Crippen LogP) is 5.96. The number of hydrogen-bond acceptors (Lipinski definition) is 7. The molecule has 0 unspecified atom stereocenters. The van der Waals surface area contributed by atoms with E-state index < -0.39 is 0 Å². The lowest BCUT2D eigenvalue weighted by Gasteiger charge is -2.32. The molecular weight excluding hydrogens is 474 g/mol. The lowest BCUT2D eigenvalue weighted by atomic mass is 10.0. The number of fused-ring (bicyclic) bond motifs is 1. The molecule has 3 aromatic heterocycles. The summed E-state index contributed by atoms with van der Waals surface area (Å²) in [4.78, 5) is 27.5. The number of carbonyl (C=O) groups excluding carboxylic acids is 1. The van der Waals surface area contributed by atoms with Crippen LogP contribution in [0.1, 0.15) is 68.9 Å². The minimum absolute atomic E-state index is 0.0616. The van der Waals surface area contributed by atoms with Gasteiger partial charge in [0.15, 0.2) is 5.78 Å². The normalized spacial score (nSPS) is 14.0. The van der Waals surface area contributed by atoms with Crippen molar-refractivity contribution in [3.63, 3.8) is 0 Å². The highest BCUT2D eigenvalue weighted by Crippen LogP contribution is 2.29. The summed E-state index contributed by atoms with van der Waals surface area (Å²) in [7, 11) is 0. The molecule has 0 bridgehead atoms. The first-order valence-corrected chi connectivity index (χ1v) is 12.9. The Morgan fingerprint density at radius 1 is 1.03 bits per heavy atom. The molecule has 0 radical (unpaired) electrons. The van der Waals surface area contributed by atoms with E-state index in [4.69, 9.17) is 11.6 Å². The summed E-state index contributed by atoms with van der Waals surface area (Å²) >= 11 is 6.28. The third kappa shape index (κ3) is 5.54. The fourth-order valence-electron chi connectivity index (χ4n) is 4.23. The van der Waals surface area contributed by atoms with E-state index in [1.54, 1.807) is 12.1 Å². The second-order valence-corrected chi connectivity index (χ2v) is 9.42. The van der Waals surface area contributed by atoms with Gasteiger partial charge in [-0.05, 0) is 49.9 Å². The average Bonchev–Trinajstić information content (AvgIpc) is 3.32. The van der Waals surface area contributed by atoms with Crippen molar-refractivity contribution in [2.45, 2.75) is 59.4 Å². The van der Waals surface area contributed by atoms with E-state index in [0.29, 0.717) is 10.6 Å². The van der Waals surface area contributed by atoms with Crippen molar-refractivity contribution in [3.05, 3.63) is 59.0 Å². The molecule has 0 N–H and O–H groups in total. The minimum atomic E-state index is -0.0616. The molecule has 0 aliphatic carbocycles. The van der Waals surface area contributed by atoms with Gasteiger partial charge in [-0.2, -0.15) is 0 Å². The summed E-state index contributed by atoms with van der Waals surface area (Å²) in [5.74, 6) is 0.725. The summed E-state index contributed by atoms with van der Waals surface area (Å²) < 4.78 is 1.98. The number of Topliss-reactive ketones (excluding diaryl/α,β-unsaturated/α-hetero) is 1. The number of ketones is 1. The molecule has 188 valence electrons. The molecule has 9 heteroatoms. The quantitative estimate of drug-likeness (QED) is 0.309. The molecule has 4 aromatic rings. The first-order chi connectivity index (χ1) is 17.4. The van der Waals surface area contributed by atoms with Crippen molar-refractivity contribution in [3.8, 4) is 11.3 Å². The second kappa shape index (κ2) is 11.6. The van der Waals surface area contributed by atoms with Crippen LogP contribution in [0, 0.1) is 0 Å². The molecule has 1 fully saturated rings. The van der Waals surface area contributed by atoms with Gasteiger partial charge in [-0.1, -0.05) is 50.1 Å². The molecular formula is C27H32ClN7O. The molecule has 1 aliphatic heterocycles. The zero-order valence-corrected chi connectivity index (χ0v) is 22.0. The Hall–Kier alpha value is -3.39. The van der Waals surface area contributed by atoms with Crippen molar-refractivity contribution in [1.82, 2.24) is 29.9 Å². The van der Waals surface area contributed by atoms with E-state index in [9.17, 15) is 4.79 Å². The Labute approximate surface area is 216 Å². The number of aryl methyl sites for hydroxylation is 1. The zero-order valence-electron chi connectivity index (χ0n) is 21.3. The molecule has 0 amide bonds. The first kappa shape index (κ1) is 25.7. The van der Waals surface area contributed by atoms with Crippen molar-refractivity contribution in [1.29, 1.82) is 0 Å². The fraction of sp³-hybridized carbons (Fsp3) is 0.407. The van der Waals surface area contributed by atoms with Crippen LogP contribution in [0.4, 0.5) is 5.95 Å². The third-order valence-electron chi connectivity index (χ3n) is 6.19. The number of rotatable bonds is 5. The van der Waals surface area contributed by atoms with Crippen LogP contribution in [0.2, 0.25) is 5.02 Å². The molecule has 0 spiro atoms. The standard InChI is InChI=1S/C24H24ClN7O.C3H8/c1-3-16-12-27-24(28-13-16)31-8-6-18(7-9-31)32-23-14-26-21(11-22(23)29-30-32)17-4-5-19(15(2)33)20(25)10-17;1-3-2/h4-5,10-14,18H,3,6-9H2,1-2H3;3H2,1-2H3. The fourth-order valence-corrected chi connectivity index (χ4v) is 4.54. The van der Waals surface area contributed by atoms with E-state index in [1.165, 1.54) is 13.3 Å². The monoisotopic (exact) mass is 505 g/mol. The van der Waals surface area contributed by atoms with Gasteiger partial charge in [0.1, 0.15) is 11.0 Å². The molecule has 8 nitrogen and oxygen atoms in total. The smallest absolute Gasteiger partial charge is 0.225 e. The number of nitrogens with zero attached hydrogens (tertiary/aromatic N) is 7. The number of carbonyl (C=O) groups is 1. The van der Waals surface area contributed by atoms with Crippen LogP contribution in [0.25, 0.3) is 22.3 Å². The van der Waals surface area contributed by atoms with Crippen LogP contribution >= 0.6 is 11.6 Å². The zero-order chi connectivity index (χ0) is 25.7. The number of halogens is 1. The van der Waals surface area contributed by atoms with E-state index in [-0.39, 0.29) is 11.8 Å². The van der Waals surface area contributed by atoms with Gasteiger partial charge in [-0.25, -0.2) is 14.6 Å². The van der Waals surface area contributed by atoms with E-state index in [2.05, 4.69) is 50.9 Å².